The molecule has 4 amide bonds. The van der Waals surface area contributed by atoms with Gasteiger partial charge in [0.05, 0.1) is 12.1 Å². The molecule has 0 bridgehead atoms. The molecule has 2 N–H and O–H groups in total. The highest BCUT2D eigenvalue weighted by Gasteiger charge is 2.30. The first-order valence-corrected chi connectivity index (χ1v) is 15.9. The first kappa shape index (κ1) is 33.9. The SMILES string of the molecule is CC.CC.O=C1NC(Cc2ccccc2)CN1Cc1ccccc1.O=C1NCC(Cc2ccccc2)N1Cc1ccccc1. The van der Waals surface area contributed by atoms with Gasteiger partial charge in [-0.2, -0.15) is 0 Å². The Labute approximate surface area is 264 Å². The summed E-state index contributed by atoms with van der Waals surface area (Å²) in [4.78, 5) is 27.8. The van der Waals surface area contributed by atoms with Crippen LogP contribution in [0.4, 0.5) is 9.59 Å². The molecular formula is C38H48N4O2. The summed E-state index contributed by atoms with van der Waals surface area (Å²) in [7, 11) is 0. The number of nitrogens with zero attached hydrogens (tertiary/aromatic N) is 2. The van der Waals surface area contributed by atoms with Crippen molar-refractivity contribution in [2.24, 2.45) is 0 Å². The van der Waals surface area contributed by atoms with Crippen LogP contribution in [0.15, 0.2) is 121 Å². The summed E-state index contributed by atoms with van der Waals surface area (Å²) in [5.41, 5.74) is 4.87. The minimum atomic E-state index is 0.0368. The molecule has 6 rings (SSSR count). The second-order valence-electron chi connectivity index (χ2n) is 10.3. The number of benzene rings is 4. The van der Waals surface area contributed by atoms with Gasteiger partial charge < -0.3 is 20.4 Å². The zero-order valence-electron chi connectivity index (χ0n) is 26.7. The van der Waals surface area contributed by atoms with Crippen LogP contribution in [-0.2, 0) is 25.9 Å². The second kappa shape index (κ2) is 18.9. The first-order chi connectivity index (χ1) is 21.6. The number of nitrogens with one attached hydrogen (secondary N) is 2. The van der Waals surface area contributed by atoms with E-state index in [1.807, 2.05) is 110 Å². The van der Waals surface area contributed by atoms with Crippen LogP contribution in [0.1, 0.15) is 49.9 Å². The summed E-state index contributed by atoms with van der Waals surface area (Å²) in [5.74, 6) is 0. The fraction of sp³-hybridized carbons (Fsp3) is 0.316. The van der Waals surface area contributed by atoms with Crippen LogP contribution >= 0.6 is 0 Å². The van der Waals surface area contributed by atoms with Gasteiger partial charge in [-0.15, -0.1) is 0 Å². The van der Waals surface area contributed by atoms with Gasteiger partial charge in [-0.05, 0) is 35.1 Å². The van der Waals surface area contributed by atoms with Crippen LogP contribution in [0.3, 0.4) is 0 Å². The van der Waals surface area contributed by atoms with Crippen LogP contribution in [0.25, 0.3) is 0 Å². The van der Waals surface area contributed by atoms with Gasteiger partial charge in [0.1, 0.15) is 0 Å². The van der Waals surface area contributed by atoms with E-state index in [9.17, 15) is 9.59 Å². The average molecular weight is 593 g/mol. The molecule has 2 unspecified atom stereocenters. The molecule has 0 aliphatic carbocycles. The van der Waals surface area contributed by atoms with Gasteiger partial charge in [0.25, 0.3) is 0 Å². The summed E-state index contributed by atoms with van der Waals surface area (Å²) < 4.78 is 0. The Morgan fingerprint density at radius 2 is 1.00 bits per heavy atom. The second-order valence-corrected chi connectivity index (χ2v) is 10.3. The lowest BCUT2D eigenvalue weighted by Crippen LogP contribution is -2.34. The summed E-state index contributed by atoms with van der Waals surface area (Å²) >= 11 is 0. The van der Waals surface area contributed by atoms with E-state index in [2.05, 4.69) is 59.2 Å². The third kappa shape index (κ3) is 10.6. The van der Waals surface area contributed by atoms with Crippen molar-refractivity contribution < 1.29 is 9.59 Å². The Morgan fingerprint density at radius 3 is 1.50 bits per heavy atom. The van der Waals surface area contributed by atoms with Gasteiger partial charge in [0, 0.05) is 26.2 Å². The Hall–Kier alpha value is -4.58. The van der Waals surface area contributed by atoms with E-state index in [1.54, 1.807) is 0 Å². The standard InChI is InChI=1S/2C17H18N2O.2C2H6/c20-17-18-12-16(11-14-7-3-1-4-8-14)19(17)13-15-9-5-2-6-10-15;20-17-18-16(11-14-7-3-1-4-8-14)13-19(17)12-15-9-5-2-6-10-15;2*1-2/h2*1-10,16H,11-13H2,(H,18,20);2*1-2H3. The van der Waals surface area contributed by atoms with E-state index in [1.165, 1.54) is 22.3 Å². The molecule has 2 fully saturated rings. The largest absolute Gasteiger partial charge is 0.336 e. The van der Waals surface area contributed by atoms with Gasteiger partial charge in [-0.1, -0.05) is 149 Å². The molecule has 2 aliphatic heterocycles. The molecular weight excluding hydrogens is 544 g/mol. The van der Waals surface area contributed by atoms with Crippen LogP contribution in [0.5, 0.6) is 0 Å². The van der Waals surface area contributed by atoms with Crippen LogP contribution in [0.2, 0.25) is 0 Å². The predicted molar refractivity (Wildman–Crippen MR) is 181 cm³/mol. The van der Waals surface area contributed by atoms with E-state index in [0.29, 0.717) is 13.1 Å². The lowest BCUT2D eigenvalue weighted by atomic mass is 10.1. The van der Waals surface area contributed by atoms with Crippen LogP contribution in [-0.4, -0.2) is 47.0 Å². The minimum absolute atomic E-state index is 0.0368. The summed E-state index contributed by atoms with van der Waals surface area (Å²) in [5, 5.41) is 6.01. The molecule has 6 heteroatoms. The number of rotatable bonds is 8. The van der Waals surface area contributed by atoms with Crippen molar-refractivity contribution in [3.05, 3.63) is 144 Å². The molecule has 2 aliphatic rings. The van der Waals surface area contributed by atoms with Crippen molar-refractivity contribution in [3.63, 3.8) is 0 Å². The first-order valence-electron chi connectivity index (χ1n) is 15.9. The molecule has 2 heterocycles. The zero-order valence-corrected chi connectivity index (χ0v) is 26.7. The highest BCUT2D eigenvalue weighted by molar-refractivity contribution is 5.77. The number of hydrogen-bond acceptors (Lipinski definition) is 2. The van der Waals surface area contributed by atoms with Crippen molar-refractivity contribution >= 4 is 12.1 Å². The Kier molecular flexibility index (Phi) is 14.5. The average Bonchev–Trinajstić information content (AvgIpc) is 3.61. The Balaban J connectivity index is 0.000000216. The molecule has 4 aromatic carbocycles. The molecule has 0 spiro atoms. The van der Waals surface area contributed by atoms with Crippen molar-refractivity contribution in [1.82, 2.24) is 20.4 Å². The minimum Gasteiger partial charge on any atom is -0.336 e. The third-order valence-electron chi connectivity index (χ3n) is 7.30. The molecule has 44 heavy (non-hydrogen) atoms. The molecule has 2 saturated heterocycles. The van der Waals surface area contributed by atoms with Crippen molar-refractivity contribution in [1.29, 1.82) is 0 Å². The van der Waals surface area contributed by atoms with E-state index in [-0.39, 0.29) is 24.1 Å². The van der Waals surface area contributed by atoms with Gasteiger partial charge in [-0.25, -0.2) is 9.59 Å². The number of hydrogen-bond donors (Lipinski definition) is 2. The van der Waals surface area contributed by atoms with Crippen LogP contribution in [0, 0.1) is 0 Å². The third-order valence-corrected chi connectivity index (χ3v) is 7.30. The van der Waals surface area contributed by atoms with Gasteiger partial charge in [0.15, 0.2) is 0 Å². The van der Waals surface area contributed by atoms with Gasteiger partial charge in [-0.3, -0.25) is 0 Å². The predicted octanol–water partition coefficient (Wildman–Crippen LogP) is 7.70. The van der Waals surface area contributed by atoms with Crippen molar-refractivity contribution in [2.75, 3.05) is 13.1 Å². The van der Waals surface area contributed by atoms with Gasteiger partial charge in [0.2, 0.25) is 0 Å². The number of carbonyl (C=O) groups excluding carboxylic acids is 2. The molecule has 0 saturated carbocycles. The number of urea groups is 2. The van der Waals surface area contributed by atoms with E-state index in [0.717, 1.165) is 25.9 Å². The smallest absolute Gasteiger partial charge is 0.318 e. The van der Waals surface area contributed by atoms with E-state index in [4.69, 9.17) is 0 Å². The van der Waals surface area contributed by atoms with Crippen molar-refractivity contribution in [2.45, 2.75) is 65.7 Å². The fourth-order valence-electron chi connectivity index (χ4n) is 5.25. The highest BCUT2D eigenvalue weighted by Crippen LogP contribution is 2.17. The summed E-state index contributed by atoms with van der Waals surface area (Å²) in [6.45, 7) is 10.8. The number of amides is 4. The Bertz CT molecular complexity index is 1350. The monoisotopic (exact) mass is 592 g/mol. The molecule has 2 atom stereocenters. The quantitative estimate of drug-likeness (QED) is 0.220. The zero-order chi connectivity index (χ0) is 31.6. The topological polar surface area (TPSA) is 64.7 Å². The Morgan fingerprint density at radius 1 is 0.568 bits per heavy atom. The summed E-state index contributed by atoms with van der Waals surface area (Å²) in [6.07, 6.45) is 1.78. The maximum Gasteiger partial charge on any atom is 0.318 e. The van der Waals surface area contributed by atoms with E-state index < -0.39 is 0 Å². The molecule has 4 aromatic rings. The molecule has 0 radical (unpaired) electrons. The molecule has 232 valence electrons. The summed E-state index contributed by atoms with van der Waals surface area (Å²) in [6, 6.07) is 41.4. The van der Waals surface area contributed by atoms with E-state index >= 15 is 0 Å². The maximum atomic E-state index is 12.0. The number of carbonyl (C=O) groups is 2. The van der Waals surface area contributed by atoms with Crippen molar-refractivity contribution in [3.8, 4) is 0 Å². The lowest BCUT2D eigenvalue weighted by Gasteiger charge is -2.23. The molecule has 0 aromatic heterocycles. The van der Waals surface area contributed by atoms with Crippen LogP contribution < -0.4 is 10.6 Å². The lowest BCUT2D eigenvalue weighted by molar-refractivity contribution is 0.200. The maximum absolute atomic E-state index is 12.0. The highest BCUT2D eigenvalue weighted by atomic mass is 16.2. The fourth-order valence-corrected chi connectivity index (χ4v) is 5.25. The molecule has 6 nitrogen and oxygen atoms in total. The van der Waals surface area contributed by atoms with Gasteiger partial charge >= 0.3 is 12.1 Å². The normalized spacial score (nSPS) is 16.7.